The Morgan fingerprint density at radius 2 is 1.95 bits per heavy atom. The van der Waals surface area contributed by atoms with Crippen molar-refractivity contribution in [1.29, 1.82) is 0 Å². The number of nitrogens with zero attached hydrogens (tertiary/aromatic N) is 4. The molecule has 19 heavy (non-hydrogen) atoms. The average molecular weight is 263 g/mol. The zero-order valence-corrected chi connectivity index (χ0v) is 11.2. The Kier molecular flexibility index (Phi) is 3.63. The highest BCUT2D eigenvalue weighted by Crippen LogP contribution is 2.18. The third kappa shape index (κ3) is 3.02. The average Bonchev–Trinajstić information content (AvgIpc) is 2.87. The Hall–Kier alpha value is -1.24. The standard InChI is InChI=1S/C13H21N5O/c14-13(2-9-19-11-13)10-17-5-7-18(8-6-17)12-15-3-1-4-16-12/h1,3-4H,2,5-11,14H2. The van der Waals surface area contributed by atoms with Gasteiger partial charge in [0.2, 0.25) is 5.95 Å². The van der Waals surface area contributed by atoms with Crippen molar-refractivity contribution in [3.05, 3.63) is 18.5 Å². The van der Waals surface area contributed by atoms with Crippen molar-refractivity contribution in [2.24, 2.45) is 5.73 Å². The van der Waals surface area contributed by atoms with Gasteiger partial charge in [0.15, 0.2) is 0 Å². The SMILES string of the molecule is NC1(CN2CCN(c3ncccn3)CC2)CCOC1. The van der Waals surface area contributed by atoms with E-state index in [1.807, 2.05) is 6.07 Å². The Morgan fingerprint density at radius 3 is 2.58 bits per heavy atom. The molecule has 104 valence electrons. The molecular formula is C13H21N5O. The predicted octanol–water partition coefficient (Wildman–Crippen LogP) is -0.284. The molecule has 2 aliphatic rings. The number of anilines is 1. The van der Waals surface area contributed by atoms with Crippen molar-refractivity contribution in [2.45, 2.75) is 12.0 Å². The van der Waals surface area contributed by atoms with Crippen LogP contribution in [0.1, 0.15) is 6.42 Å². The van der Waals surface area contributed by atoms with Gasteiger partial charge >= 0.3 is 0 Å². The second-order valence-electron chi connectivity index (χ2n) is 5.48. The maximum atomic E-state index is 6.33. The minimum absolute atomic E-state index is 0.147. The number of nitrogens with two attached hydrogens (primary N) is 1. The van der Waals surface area contributed by atoms with Crippen molar-refractivity contribution in [2.75, 3.05) is 50.8 Å². The van der Waals surface area contributed by atoms with Gasteiger partial charge in [-0.25, -0.2) is 9.97 Å². The molecule has 2 fully saturated rings. The van der Waals surface area contributed by atoms with Gasteiger partial charge in [-0.1, -0.05) is 0 Å². The smallest absolute Gasteiger partial charge is 0.225 e. The summed E-state index contributed by atoms with van der Waals surface area (Å²) in [6.45, 7) is 6.36. The molecule has 6 heteroatoms. The van der Waals surface area contributed by atoms with Crippen molar-refractivity contribution >= 4 is 5.95 Å². The summed E-state index contributed by atoms with van der Waals surface area (Å²) >= 11 is 0. The van der Waals surface area contributed by atoms with Crippen LogP contribution in [0, 0.1) is 0 Å². The highest BCUT2D eigenvalue weighted by molar-refractivity contribution is 5.29. The first-order valence-corrected chi connectivity index (χ1v) is 6.86. The van der Waals surface area contributed by atoms with Crippen molar-refractivity contribution in [3.63, 3.8) is 0 Å². The molecule has 1 aromatic heterocycles. The summed E-state index contributed by atoms with van der Waals surface area (Å²) in [5.41, 5.74) is 6.18. The fourth-order valence-electron chi connectivity index (χ4n) is 2.75. The van der Waals surface area contributed by atoms with E-state index in [0.29, 0.717) is 6.61 Å². The lowest BCUT2D eigenvalue weighted by Gasteiger charge is -2.38. The Bertz CT molecular complexity index is 399. The maximum Gasteiger partial charge on any atom is 0.225 e. The van der Waals surface area contributed by atoms with Crippen LogP contribution in [-0.4, -0.2) is 66.3 Å². The van der Waals surface area contributed by atoms with Crippen LogP contribution in [0.4, 0.5) is 5.95 Å². The highest BCUT2D eigenvalue weighted by atomic mass is 16.5. The van der Waals surface area contributed by atoms with E-state index in [1.54, 1.807) is 12.4 Å². The summed E-state index contributed by atoms with van der Waals surface area (Å²) in [5, 5.41) is 0. The molecule has 1 aromatic rings. The van der Waals surface area contributed by atoms with Gasteiger partial charge in [0.25, 0.3) is 0 Å². The number of aromatic nitrogens is 2. The molecule has 1 atom stereocenters. The molecule has 0 aliphatic carbocycles. The molecule has 0 bridgehead atoms. The molecule has 0 amide bonds. The fourth-order valence-corrected chi connectivity index (χ4v) is 2.75. The lowest BCUT2D eigenvalue weighted by Crippen LogP contribution is -2.56. The molecule has 2 aliphatic heterocycles. The third-order valence-corrected chi connectivity index (χ3v) is 3.88. The predicted molar refractivity (Wildman–Crippen MR) is 73.0 cm³/mol. The van der Waals surface area contributed by atoms with Gasteiger partial charge in [0, 0.05) is 51.7 Å². The molecule has 0 radical (unpaired) electrons. The van der Waals surface area contributed by atoms with Gasteiger partial charge in [-0.15, -0.1) is 0 Å². The van der Waals surface area contributed by atoms with Crippen molar-refractivity contribution in [3.8, 4) is 0 Å². The van der Waals surface area contributed by atoms with Gasteiger partial charge < -0.3 is 15.4 Å². The number of rotatable bonds is 3. The van der Waals surface area contributed by atoms with Crippen LogP contribution in [0.3, 0.4) is 0 Å². The second kappa shape index (κ2) is 5.40. The van der Waals surface area contributed by atoms with E-state index in [1.165, 1.54) is 0 Å². The van der Waals surface area contributed by atoms with Gasteiger partial charge in [0.05, 0.1) is 12.1 Å². The van der Waals surface area contributed by atoms with E-state index in [-0.39, 0.29) is 5.54 Å². The summed E-state index contributed by atoms with van der Waals surface area (Å²) in [4.78, 5) is 13.2. The normalized spacial score (nSPS) is 28.8. The fraction of sp³-hybridized carbons (Fsp3) is 0.692. The van der Waals surface area contributed by atoms with Crippen LogP contribution < -0.4 is 10.6 Å². The molecule has 6 nitrogen and oxygen atoms in total. The monoisotopic (exact) mass is 263 g/mol. The quantitative estimate of drug-likeness (QED) is 0.809. The van der Waals surface area contributed by atoms with E-state index in [4.69, 9.17) is 10.5 Å². The molecule has 3 rings (SSSR count). The number of hydrogen-bond acceptors (Lipinski definition) is 6. The summed E-state index contributed by atoms with van der Waals surface area (Å²) in [6, 6.07) is 1.85. The molecule has 2 saturated heterocycles. The molecule has 2 N–H and O–H groups in total. The zero-order chi connectivity index (χ0) is 13.1. The lowest BCUT2D eigenvalue weighted by atomic mass is 9.99. The van der Waals surface area contributed by atoms with Crippen LogP contribution in [-0.2, 0) is 4.74 Å². The Balaban J connectivity index is 1.52. The van der Waals surface area contributed by atoms with Gasteiger partial charge in [0.1, 0.15) is 0 Å². The van der Waals surface area contributed by atoms with E-state index in [9.17, 15) is 0 Å². The molecule has 3 heterocycles. The van der Waals surface area contributed by atoms with Gasteiger partial charge in [-0.05, 0) is 12.5 Å². The highest BCUT2D eigenvalue weighted by Gasteiger charge is 2.33. The van der Waals surface area contributed by atoms with Gasteiger partial charge in [-0.2, -0.15) is 0 Å². The topological polar surface area (TPSA) is 67.5 Å². The van der Waals surface area contributed by atoms with E-state index in [2.05, 4.69) is 19.8 Å². The summed E-state index contributed by atoms with van der Waals surface area (Å²) in [6.07, 6.45) is 4.55. The number of ether oxygens (including phenoxy) is 1. The number of piperazine rings is 1. The van der Waals surface area contributed by atoms with Crippen molar-refractivity contribution < 1.29 is 4.74 Å². The summed E-state index contributed by atoms with van der Waals surface area (Å²) in [7, 11) is 0. The van der Waals surface area contributed by atoms with Crippen LogP contribution in [0.15, 0.2) is 18.5 Å². The minimum atomic E-state index is -0.147. The van der Waals surface area contributed by atoms with Gasteiger partial charge in [-0.3, -0.25) is 4.90 Å². The molecular weight excluding hydrogens is 242 g/mol. The second-order valence-corrected chi connectivity index (χ2v) is 5.48. The third-order valence-electron chi connectivity index (χ3n) is 3.88. The summed E-state index contributed by atoms with van der Waals surface area (Å²) in [5.74, 6) is 0.828. The first kappa shape index (κ1) is 12.8. The Labute approximate surface area is 113 Å². The Morgan fingerprint density at radius 1 is 1.21 bits per heavy atom. The molecule has 0 saturated carbocycles. The van der Waals surface area contributed by atoms with E-state index < -0.39 is 0 Å². The van der Waals surface area contributed by atoms with E-state index >= 15 is 0 Å². The van der Waals surface area contributed by atoms with Crippen LogP contribution in [0.5, 0.6) is 0 Å². The van der Waals surface area contributed by atoms with E-state index in [0.717, 1.165) is 51.7 Å². The lowest BCUT2D eigenvalue weighted by molar-refractivity contribution is 0.149. The number of hydrogen-bond donors (Lipinski definition) is 1. The van der Waals surface area contributed by atoms with Crippen LogP contribution >= 0.6 is 0 Å². The zero-order valence-electron chi connectivity index (χ0n) is 11.2. The maximum absolute atomic E-state index is 6.33. The first-order chi connectivity index (χ1) is 9.25. The first-order valence-electron chi connectivity index (χ1n) is 6.86. The molecule has 0 spiro atoms. The summed E-state index contributed by atoms with van der Waals surface area (Å²) < 4.78 is 5.41. The molecule has 0 aromatic carbocycles. The largest absolute Gasteiger partial charge is 0.379 e. The molecule has 1 unspecified atom stereocenters. The van der Waals surface area contributed by atoms with Crippen molar-refractivity contribution in [1.82, 2.24) is 14.9 Å². The minimum Gasteiger partial charge on any atom is -0.379 e. The van der Waals surface area contributed by atoms with Crippen LogP contribution in [0.2, 0.25) is 0 Å². The van der Waals surface area contributed by atoms with Crippen LogP contribution in [0.25, 0.3) is 0 Å².